The van der Waals surface area contributed by atoms with Gasteiger partial charge in [-0.25, -0.2) is 0 Å². The van der Waals surface area contributed by atoms with E-state index in [1.165, 1.54) is 5.56 Å². The molecule has 140 valence electrons. The molecule has 25 heavy (non-hydrogen) atoms. The number of rotatable bonds is 8. The van der Waals surface area contributed by atoms with Crippen molar-refractivity contribution in [2.24, 2.45) is 4.99 Å². The van der Waals surface area contributed by atoms with E-state index in [4.69, 9.17) is 4.99 Å². The third-order valence-electron chi connectivity index (χ3n) is 4.74. The zero-order chi connectivity index (χ0) is 17.9. The summed E-state index contributed by atoms with van der Waals surface area (Å²) in [5.74, 6) is 0.944. The van der Waals surface area contributed by atoms with Gasteiger partial charge in [0, 0.05) is 51.9 Å². The number of guanidine groups is 1. The number of hydrogen-bond donors (Lipinski definition) is 2. The lowest BCUT2D eigenvalue weighted by molar-refractivity contribution is 0.130. The van der Waals surface area contributed by atoms with Gasteiger partial charge in [-0.3, -0.25) is 14.8 Å². The Balaban J connectivity index is 1.69. The first-order valence-electron chi connectivity index (χ1n) is 9.74. The van der Waals surface area contributed by atoms with E-state index < -0.39 is 0 Å². The van der Waals surface area contributed by atoms with Gasteiger partial charge in [-0.1, -0.05) is 37.3 Å². The second kappa shape index (κ2) is 11.1. The number of aliphatic imine (C=N–C) groups is 1. The van der Waals surface area contributed by atoms with Crippen LogP contribution in [-0.4, -0.2) is 67.6 Å². The third kappa shape index (κ3) is 7.45. The lowest BCUT2D eigenvalue weighted by atomic mass is 10.2. The summed E-state index contributed by atoms with van der Waals surface area (Å²) in [5.41, 5.74) is 1.41. The summed E-state index contributed by atoms with van der Waals surface area (Å²) in [6, 6.07) is 11.2. The highest BCUT2D eigenvalue weighted by atomic mass is 15.3. The molecule has 5 heteroatoms. The topological polar surface area (TPSA) is 42.9 Å². The molecule has 0 saturated carbocycles. The molecule has 1 aliphatic heterocycles. The minimum Gasteiger partial charge on any atom is -0.357 e. The van der Waals surface area contributed by atoms with E-state index in [0.29, 0.717) is 6.04 Å². The highest BCUT2D eigenvalue weighted by Crippen LogP contribution is 2.08. The van der Waals surface area contributed by atoms with Gasteiger partial charge in [0.15, 0.2) is 5.96 Å². The first-order chi connectivity index (χ1) is 12.2. The Hall–Kier alpha value is -1.59. The molecule has 0 spiro atoms. The predicted octanol–water partition coefficient (Wildman–Crippen LogP) is 2.16. The van der Waals surface area contributed by atoms with Gasteiger partial charge in [0.1, 0.15) is 0 Å². The van der Waals surface area contributed by atoms with Crippen LogP contribution < -0.4 is 10.6 Å². The molecule has 5 nitrogen and oxygen atoms in total. The maximum Gasteiger partial charge on any atom is 0.191 e. The Morgan fingerprint density at radius 1 is 1.08 bits per heavy atom. The van der Waals surface area contributed by atoms with E-state index >= 15 is 0 Å². The van der Waals surface area contributed by atoms with E-state index in [0.717, 1.165) is 64.7 Å². The molecule has 1 aliphatic rings. The number of piperazine rings is 1. The molecule has 0 aromatic heterocycles. The molecule has 1 aromatic rings. The minimum absolute atomic E-state index is 0.458. The van der Waals surface area contributed by atoms with Crippen molar-refractivity contribution < 1.29 is 0 Å². The standard InChI is InChI=1S/C20H35N5/c1-4-18(3)23-20(21-5-2)22-11-12-24-13-15-25(16-14-24)17-19-9-7-6-8-10-19/h6-10,18H,4-5,11-17H2,1-3H3,(H2,21,22,23). The van der Waals surface area contributed by atoms with Gasteiger partial charge < -0.3 is 10.6 Å². The van der Waals surface area contributed by atoms with Crippen molar-refractivity contribution in [2.45, 2.75) is 39.8 Å². The molecule has 0 bridgehead atoms. The van der Waals surface area contributed by atoms with Crippen molar-refractivity contribution in [3.63, 3.8) is 0 Å². The SMILES string of the molecule is CCNC(=NCCN1CCN(Cc2ccccc2)CC1)NC(C)CC. The quantitative estimate of drug-likeness (QED) is 0.560. The monoisotopic (exact) mass is 345 g/mol. The Labute approximate surface area is 153 Å². The van der Waals surface area contributed by atoms with Crippen molar-refractivity contribution in [2.75, 3.05) is 45.8 Å². The normalized spacial score (nSPS) is 18.1. The molecular formula is C20H35N5. The van der Waals surface area contributed by atoms with E-state index in [1.54, 1.807) is 0 Å². The molecular weight excluding hydrogens is 310 g/mol. The van der Waals surface area contributed by atoms with Gasteiger partial charge in [-0.15, -0.1) is 0 Å². The number of nitrogens with one attached hydrogen (secondary N) is 2. The summed E-state index contributed by atoms with van der Waals surface area (Å²) in [5, 5.41) is 6.78. The molecule has 1 fully saturated rings. The summed E-state index contributed by atoms with van der Waals surface area (Å²) >= 11 is 0. The lowest BCUT2D eigenvalue weighted by Gasteiger charge is -2.34. The summed E-state index contributed by atoms with van der Waals surface area (Å²) in [7, 11) is 0. The third-order valence-corrected chi connectivity index (χ3v) is 4.74. The molecule has 0 aliphatic carbocycles. The maximum absolute atomic E-state index is 4.72. The fraction of sp³-hybridized carbons (Fsp3) is 0.650. The fourth-order valence-corrected chi connectivity index (χ4v) is 2.97. The van der Waals surface area contributed by atoms with E-state index in [2.05, 4.69) is 71.5 Å². The first kappa shape index (κ1) is 19.7. The van der Waals surface area contributed by atoms with Crippen LogP contribution in [0.5, 0.6) is 0 Å². The first-order valence-corrected chi connectivity index (χ1v) is 9.74. The molecule has 1 saturated heterocycles. The van der Waals surface area contributed by atoms with Crippen LogP contribution in [0.15, 0.2) is 35.3 Å². The van der Waals surface area contributed by atoms with Crippen LogP contribution in [0, 0.1) is 0 Å². The van der Waals surface area contributed by atoms with Gasteiger partial charge in [-0.05, 0) is 25.8 Å². The van der Waals surface area contributed by atoms with Gasteiger partial charge in [0.25, 0.3) is 0 Å². The van der Waals surface area contributed by atoms with Crippen LogP contribution in [0.3, 0.4) is 0 Å². The van der Waals surface area contributed by atoms with Crippen LogP contribution >= 0.6 is 0 Å². The number of benzene rings is 1. The molecule has 2 rings (SSSR count). The van der Waals surface area contributed by atoms with Crippen LogP contribution in [0.25, 0.3) is 0 Å². The highest BCUT2D eigenvalue weighted by Gasteiger charge is 2.16. The summed E-state index contributed by atoms with van der Waals surface area (Å²) in [6.45, 7) is 14.9. The second-order valence-electron chi connectivity index (χ2n) is 6.82. The van der Waals surface area contributed by atoms with Crippen molar-refractivity contribution >= 4 is 5.96 Å². The summed E-state index contributed by atoms with van der Waals surface area (Å²) in [6.07, 6.45) is 1.10. The molecule has 0 amide bonds. The fourth-order valence-electron chi connectivity index (χ4n) is 2.97. The lowest BCUT2D eigenvalue weighted by Crippen LogP contribution is -2.47. The Morgan fingerprint density at radius 2 is 1.76 bits per heavy atom. The van der Waals surface area contributed by atoms with E-state index in [9.17, 15) is 0 Å². The van der Waals surface area contributed by atoms with Gasteiger partial charge in [0.05, 0.1) is 6.54 Å². The van der Waals surface area contributed by atoms with Crippen LogP contribution in [-0.2, 0) is 6.54 Å². The molecule has 1 heterocycles. The Kier molecular flexibility index (Phi) is 8.77. The average molecular weight is 346 g/mol. The second-order valence-corrected chi connectivity index (χ2v) is 6.82. The summed E-state index contributed by atoms with van der Waals surface area (Å²) < 4.78 is 0. The van der Waals surface area contributed by atoms with Gasteiger partial charge in [0.2, 0.25) is 0 Å². The molecule has 2 N–H and O–H groups in total. The van der Waals surface area contributed by atoms with Gasteiger partial charge >= 0.3 is 0 Å². The van der Waals surface area contributed by atoms with Crippen molar-refractivity contribution in [1.29, 1.82) is 0 Å². The van der Waals surface area contributed by atoms with E-state index in [-0.39, 0.29) is 0 Å². The van der Waals surface area contributed by atoms with Crippen molar-refractivity contribution in [3.8, 4) is 0 Å². The zero-order valence-corrected chi connectivity index (χ0v) is 16.2. The van der Waals surface area contributed by atoms with Gasteiger partial charge in [-0.2, -0.15) is 0 Å². The van der Waals surface area contributed by atoms with Crippen LogP contribution in [0.4, 0.5) is 0 Å². The predicted molar refractivity (Wildman–Crippen MR) is 107 cm³/mol. The summed E-state index contributed by atoms with van der Waals surface area (Å²) in [4.78, 5) is 9.79. The zero-order valence-electron chi connectivity index (χ0n) is 16.2. The molecule has 1 aromatic carbocycles. The van der Waals surface area contributed by atoms with Crippen molar-refractivity contribution in [3.05, 3.63) is 35.9 Å². The van der Waals surface area contributed by atoms with Crippen LogP contribution in [0.2, 0.25) is 0 Å². The van der Waals surface area contributed by atoms with Crippen LogP contribution in [0.1, 0.15) is 32.8 Å². The maximum atomic E-state index is 4.72. The largest absolute Gasteiger partial charge is 0.357 e. The van der Waals surface area contributed by atoms with E-state index in [1.807, 2.05) is 0 Å². The Morgan fingerprint density at radius 3 is 2.40 bits per heavy atom. The molecule has 1 atom stereocenters. The van der Waals surface area contributed by atoms with Crippen molar-refractivity contribution in [1.82, 2.24) is 20.4 Å². The smallest absolute Gasteiger partial charge is 0.191 e. The number of nitrogens with zero attached hydrogens (tertiary/aromatic N) is 3. The minimum atomic E-state index is 0.458. The average Bonchev–Trinajstić information content (AvgIpc) is 2.64. The molecule has 0 radical (unpaired) electrons. The molecule has 1 unspecified atom stereocenters. The number of hydrogen-bond acceptors (Lipinski definition) is 3. The Bertz CT molecular complexity index is 494. The highest BCUT2D eigenvalue weighted by molar-refractivity contribution is 5.80.